The quantitative estimate of drug-likeness (QED) is 0.308. The first-order chi connectivity index (χ1) is 17.5. The zero-order chi connectivity index (χ0) is 26.5. The molecule has 1 fully saturated rings. The van der Waals surface area contributed by atoms with Crippen molar-refractivity contribution in [3.8, 4) is 10.6 Å². The summed E-state index contributed by atoms with van der Waals surface area (Å²) in [6.07, 6.45) is -0.0489. The number of thiazole rings is 1. The molecule has 2 heterocycles. The Hall–Kier alpha value is -3.84. The van der Waals surface area contributed by atoms with Crippen molar-refractivity contribution in [3.05, 3.63) is 83.4 Å². The SMILES string of the molecule is Cc1ccc(C(=O)N(C2CC(=O)N(c3ccc(-c4nc5ccc(C)cc5s4)cc3)C2=O)C(C)(C)C)cc1. The highest BCUT2D eigenvalue weighted by atomic mass is 32.1. The normalized spacial score (nSPS) is 16.0. The summed E-state index contributed by atoms with van der Waals surface area (Å²) in [5.41, 5.74) is 4.43. The van der Waals surface area contributed by atoms with Crippen LogP contribution in [0.5, 0.6) is 0 Å². The van der Waals surface area contributed by atoms with Crippen molar-refractivity contribution in [2.45, 2.75) is 52.6 Å². The molecule has 1 atom stereocenters. The number of carbonyl (C=O) groups excluding carboxylic acids is 3. The van der Waals surface area contributed by atoms with Crippen molar-refractivity contribution in [3.63, 3.8) is 0 Å². The number of amides is 3. The van der Waals surface area contributed by atoms with Gasteiger partial charge in [0.2, 0.25) is 5.91 Å². The fraction of sp³-hybridized carbons (Fsp3) is 0.267. The van der Waals surface area contributed by atoms with Crippen LogP contribution in [-0.4, -0.2) is 39.2 Å². The molecular formula is C30H29N3O3S. The Balaban J connectivity index is 1.42. The number of fused-ring (bicyclic) bond motifs is 1. The summed E-state index contributed by atoms with van der Waals surface area (Å²) in [7, 11) is 0. The van der Waals surface area contributed by atoms with E-state index in [2.05, 4.69) is 13.0 Å². The summed E-state index contributed by atoms with van der Waals surface area (Å²) in [6, 6.07) is 19.9. The molecule has 1 unspecified atom stereocenters. The standard InChI is InChI=1S/C30H29N3O3S/c1-18-6-9-21(10-7-18)28(35)33(30(3,4)5)24-17-26(34)32(29(24)36)22-13-11-20(12-14-22)27-31-23-15-8-19(2)16-25(23)37-27/h6-16,24H,17H2,1-5H3. The molecule has 0 N–H and O–H groups in total. The van der Waals surface area contributed by atoms with Crippen LogP contribution in [0.1, 0.15) is 48.7 Å². The van der Waals surface area contributed by atoms with Crippen molar-refractivity contribution in [2.75, 3.05) is 4.90 Å². The molecule has 4 aromatic rings. The second kappa shape index (κ2) is 9.23. The van der Waals surface area contributed by atoms with Crippen molar-refractivity contribution in [1.29, 1.82) is 0 Å². The first-order valence-corrected chi connectivity index (χ1v) is 13.1. The van der Waals surface area contributed by atoms with Crippen LogP contribution in [0.2, 0.25) is 0 Å². The highest BCUT2D eigenvalue weighted by molar-refractivity contribution is 7.21. The molecule has 6 nitrogen and oxygen atoms in total. The topological polar surface area (TPSA) is 70.6 Å². The third-order valence-electron chi connectivity index (χ3n) is 6.59. The summed E-state index contributed by atoms with van der Waals surface area (Å²) in [6.45, 7) is 9.66. The Morgan fingerprint density at radius 2 is 1.59 bits per heavy atom. The van der Waals surface area contributed by atoms with Crippen molar-refractivity contribution in [1.82, 2.24) is 9.88 Å². The van der Waals surface area contributed by atoms with Crippen LogP contribution in [0.3, 0.4) is 0 Å². The molecule has 0 bridgehead atoms. The zero-order valence-electron chi connectivity index (χ0n) is 21.6. The Morgan fingerprint density at radius 1 is 0.946 bits per heavy atom. The van der Waals surface area contributed by atoms with E-state index < -0.39 is 11.6 Å². The van der Waals surface area contributed by atoms with Gasteiger partial charge in [-0.15, -0.1) is 11.3 Å². The van der Waals surface area contributed by atoms with E-state index in [0.717, 1.165) is 26.4 Å². The van der Waals surface area contributed by atoms with E-state index in [-0.39, 0.29) is 24.1 Å². The summed E-state index contributed by atoms with van der Waals surface area (Å²) >= 11 is 1.61. The van der Waals surface area contributed by atoms with Gasteiger partial charge in [0, 0.05) is 16.7 Å². The maximum atomic E-state index is 13.6. The summed E-state index contributed by atoms with van der Waals surface area (Å²) in [4.78, 5) is 47.7. The molecule has 0 saturated carbocycles. The summed E-state index contributed by atoms with van der Waals surface area (Å²) < 4.78 is 1.12. The van der Waals surface area contributed by atoms with Crippen molar-refractivity contribution in [2.24, 2.45) is 0 Å². The molecule has 0 aliphatic carbocycles. The number of carbonyl (C=O) groups is 3. The predicted molar refractivity (Wildman–Crippen MR) is 148 cm³/mol. The van der Waals surface area contributed by atoms with E-state index in [4.69, 9.17) is 4.98 Å². The number of nitrogens with zero attached hydrogens (tertiary/aromatic N) is 3. The third-order valence-corrected chi connectivity index (χ3v) is 7.66. The molecule has 3 aromatic carbocycles. The maximum absolute atomic E-state index is 13.6. The van der Waals surface area contributed by atoms with Gasteiger partial charge in [-0.05, 0) is 88.7 Å². The lowest BCUT2D eigenvalue weighted by atomic mass is 9.99. The molecule has 37 heavy (non-hydrogen) atoms. The Morgan fingerprint density at radius 3 is 2.24 bits per heavy atom. The Labute approximate surface area is 220 Å². The molecule has 1 aliphatic rings. The number of hydrogen-bond acceptors (Lipinski definition) is 5. The zero-order valence-corrected chi connectivity index (χ0v) is 22.4. The van der Waals surface area contributed by atoms with Crippen LogP contribution >= 0.6 is 11.3 Å². The molecule has 7 heteroatoms. The fourth-order valence-corrected chi connectivity index (χ4v) is 5.82. The highest BCUT2D eigenvalue weighted by Gasteiger charge is 2.47. The van der Waals surface area contributed by atoms with Crippen LogP contribution in [0.25, 0.3) is 20.8 Å². The number of rotatable bonds is 4. The first-order valence-electron chi connectivity index (χ1n) is 12.3. The minimum absolute atomic E-state index is 0.0489. The van der Waals surface area contributed by atoms with Gasteiger partial charge in [-0.2, -0.15) is 0 Å². The molecular weight excluding hydrogens is 482 g/mol. The van der Waals surface area contributed by atoms with Crippen molar-refractivity contribution < 1.29 is 14.4 Å². The van der Waals surface area contributed by atoms with E-state index in [9.17, 15) is 14.4 Å². The average molecular weight is 512 g/mol. The lowest BCUT2D eigenvalue weighted by molar-refractivity contribution is -0.123. The van der Waals surface area contributed by atoms with E-state index in [1.54, 1.807) is 40.5 Å². The molecule has 0 radical (unpaired) electrons. The summed E-state index contributed by atoms with van der Waals surface area (Å²) in [5, 5.41) is 0.881. The maximum Gasteiger partial charge on any atom is 0.257 e. The van der Waals surface area contributed by atoms with Gasteiger partial charge in [0.15, 0.2) is 0 Å². The van der Waals surface area contributed by atoms with Gasteiger partial charge in [-0.25, -0.2) is 9.88 Å². The minimum atomic E-state index is -0.867. The summed E-state index contributed by atoms with van der Waals surface area (Å²) in [5.74, 6) is -0.963. The van der Waals surface area contributed by atoms with Gasteiger partial charge in [-0.3, -0.25) is 14.4 Å². The minimum Gasteiger partial charge on any atom is -0.321 e. The van der Waals surface area contributed by atoms with Gasteiger partial charge in [0.05, 0.1) is 22.3 Å². The number of hydrogen-bond donors (Lipinski definition) is 0. The molecule has 1 saturated heterocycles. The smallest absolute Gasteiger partial charge is 0.257 e. The van der Waals surface area contributed by atoms with Crippen LogP contribution < -0.4 is 4.90 Å². The molecule has 1 aromatic heterocycles. The largest absolute Gasteiger partial charge is 0.321 e. The van der Waals surface area contributed by atoms with Crippen LogP contribution in [0.4, 0.5) is 5.69 Å². The molecule has 188 valence electrons. The third kappa shape index (κ3) is 4.67. The fourth-order valence-electron chi connectivity index (χ4n) is 4.75. The number of benzene rings is 3. The monoisotopic (exact) mass is 511 g/mol. The van der Waals surface area contributed by atoms with Crippen molar-refractivity contribution >= 4 is 45.0 Å². The number of anilines is 1. The first kappa shape index (κ1) is 24.8. The van der Waals surface area contributed by atoms with Crippen LogP contribution in [0, 0.1) is 13.8 Å². The van der Waals surface area contributed by atoms with Crippen LogP contribution in [0.15, 0.2) is 66.7 Å². The van der Waals surface area contributed by atoms with E-state index in [1.165, 1.54) is 10.5 Å². The van der Waals surface area contributed by atoms with Gasteiger partial charge in [-0.1, -0.05) is 23.8 Å². The van der Waals surface area contributed by atoms with Gasteiger partial charge in [0.25, 0.3) is 11.8 Å². The van der Waals surface area contributed by atoms with E-state index in [0.29, 0.717) is 11.3 Å². The number of aromatic nitrogens is 1. The Bertz CT molecular complexity index is 1510. The number of imide groups is 1. The van der Waals surface area contributed by atoms with E-state index >= 15 is 0 Å². The highest BCUT2D eigenvalue weighted by Crippen LogP contribution is 2.34. The molecule has 1 aliphatic heterocycles. The van der Waals surface area contributed by atoms with Gasteiger partial charge < -0.3 is 4.90 Å². The average Bonchev–Trinajstić information content (AvgIpc) is 3.38. The van der Waals surface area contributed by atoms with Gasteiger partial charge >= 0.3 is 0 Å². The Kier molecular flexibility index (Phi) is 6.20. The lowest BCUT2D eigenvalue weighted by Crippen LogP contribution is -2.54. The lowest BCUT2D eigenvalue weighted by Gasteiger charge is -2.39. The van der Waals surface area contributed by atoms with Gasteiger partial charge in [0.1, 0.15) is 11.0 Å². The molecule has 0 spiro atoms. The molecule has 5 rings (SSSR count). The second-order valence-corrected chi connectivity index (χ2v) is 11.6. The second-order valence-electron chi connectivity index (χ2n) is 10.5. The molecule has 3 amide bonds. The van der Waals surface area contributed by atoms with Crippen LogP contribution in [-0.2, 0) is 9.59 Å². The van der Waals surface area contributed by atoms with E-state index in [1.807, 2.05) is 64.1 Å². The number of aryl methyl sites for hydroxylation is 2. The predicted octanol–water partition coefficient (Wildman–Crippen LogP) is 6.15.